The van der Waals surface area contributed by atoms with Gasteiger partial charge in [-0.25, -0.2) is 14.2 Å². The molecule has 142 valence electrons. The Labute approximate surface area is 150 Å². The van der Waals surface area contributed by atoms with Crippen LogP contribution in [0.3, 0.4) is 0 Å². The number of rotatable bonds is 3. The van der Waals surface area contributed by atoms with E-state index in [4.69, 9.17) is 9.84 Å². The van der Waals surface area contributed by atoms with Crippen molar-refractivity contribution in [2.24, 2.45) is 0 Å². The SMILES string of the molecule is C=Cc1nc2c(c(Oc3ccc(F)cc3C(F)(F)F)n1)CCN(C(=O)O)C2. The van der Waals surface area contributed by atoms with Crippen molar-refractivity contribution in [1.82, 2.24) is 14.9 Å². The molecule has 1 aliphatic heterocycles. The Morgan fingerprint density at radius 2 is 2.07 bits per heavy atom. The van der Waals surface area contributed by atoms with E-state index < -0.39 is 29.4 Å². The van der Waals surface area contributed by atoms with Crippen molar-refractivity contribution >= 4 is 12.2 Å². The lowest BCUT2D eigenvalue weighted by Crippen LogP contribution is -2.35. The highest BCUT2D eigenvalue weighted by Gasteiger charge is 2.36. The van der Waals surface area contributed by atoms with Crippen LogP contribution in [0.2, 0.25) is 0 Å². The molecule has 27 heavy (non-hydrogen) atoms. The van der Waals surface area contributed by atoms with Crippen LogP contribution in [0.15, 0.2) is 24.8 Å². The second kappa shape index (κ2) is 6.86. The van der Waals surface area contributed by atoms with Crippen LogP contribution < -0.4 is 4.74 Å². The van der Waals surface area contributed by atoms with E-state index in [1.165, 1.54) is 6.08 Å². The summed E-state index contributed by atoms with van der Waals surface area (Å²) in [4.78, 5) is 20.5. The van der Waals surface area contributed by atoms with Gasteiger partial charge in [0.15, 0.2) is 5.82 Å². The zero-order valence-electron chi connectivity index (χ0n) is 13.8. The summed E-state index contributed by atoms with van der Waals surface area (Å²) in [6.07, 6.45) is -4.54. The summed E-state index contributed by atoms with van der Waals surface area (Å²) >= 11 is 0. The number of hydrogen-bond acceptors (Lipinski definition) is 4. The van der Waals surface area contributed by atoms with Crippen molar-refractivity contribution in [1.29, 1.82) is 0 Å². The minimum atomic E-state index is -4.83. The van der Waals surface area contributed by atoms with Crippen molar-refractivity contribution in [3.05, 3.63) is 53.2 Å². The highest BCUT2D eigenvalue weighted by atomic mass is 19.4. The number of ether oxygens (including phenoxy) is 1. The molecule has 2 aromatic rings. The van der Waals surface area contributed by atoms with E-state index in [-0.39, 0.29) is 31.2 Å². The minimum Gasteiger partial charge on any atom is -0.465 e. The topological polar surface area (TPSA) is 75.6 Å². The lowest BCUT2D eigenvalue weighted by Gasteiger charge is -2.27. The van der Waals surface area contributed by atoms with Gasteiger partial charge in [-0.1, -0.05) is 6.58 Å². The molecule has 1 aromatic heterocycles. The van der Waals surface area contributed by atoms with Crippen LogP contribution in [-0.4, -0.2) is 32.6 Å². The standard InChI is InChI=1S/C17H13F4N3O3/c1-2-14-22-12-8-24(16(25)26)6-5-10(12)15(23-14)27-13-4-3-9(18)7-11(13)17(19,20)21/h2-4,7H,1,5-6,8H2,(H,25,26). The number of benzene rings is 1. The van der Waals surface area contributed by atoms with Gasteiger partial charge in [0, 0.05) is 12.1 Å². The number of alkyl halides is 3. The average Bonchev–Trinajstić information content (AvgIpc) is 2.61. The maximum atomic E-state index is 13.3. The Morgan fingerprint density at radius 3 is 2.70 bits per heavy atom. The monoisotopic (exact) mass is 383 g/mol. The molecule has 0 atom stereocenters. The fourth-order valence-corrected chi connectivity index (χ4v) is 2.67. The summed E-state index contributed by atoms with van der Waals surface area (Å²) in [5.41, 5.74) is -0.562. The van der Waals surface area contributed by atoms with Crippen molar-refractivity contribution in [3.63, 3.8) is 0 Å². The first-order valence-electron chi connectivity index (χ1n) is 7.73. The molecule has 0 bridgehead atoms. The lowest BCUT2D eigenvalue weighted by atomic mass is 10.1. The summed E-state index contributed by atoms with van der Waals surface area (Å²) in [5.74, 6) is -1.73. The van der Waals surface area contributed by atoms with Crippen LogP contribution in [0.4, 0.5) is 22.4 Å². The van der Waals surface area contributed by atoms with E-state index in [0.29, 0.717) is 17.3 Å². The Morgan fingerprint density at radius 1 is 1.33 bits per heavy atom. The van der Waals surface area contributed by atoms with Crippen LogP contribution in [0.1, 0.15) is 22.6 Å². The fraction of sp³-hybridized carbons (Fsp3) is 0.235. The number of nitrogens with zero attached hydrogens (tertiary/aromatic N) is 3. The van der Waals surface area contributed by atoms with Gasteiger partial charge in [-0.15, -0.1) is 0 Å². The third-order valence-electron chi connectivity index (χ3n) is 3.95. The molecule has 1 N–H and O–H groups in total. The van der Waals surface area contributed by atoms with Gasteiger partial charge in [0.2, 0.25) is 5.88 Å². The first kappa shape index (κ1) is 18.6. The number of aromatic nitrogens is 2. The maximum Gasteiger partial charge on any atom is 0.420 e. The summed E-state index contributed by atoms with van der Waals surface area (Å²) in [6, 6.07) is 2.05. The molecule has 2 heterocycles. The zero-order valence-corrected chi connectivity index (χ0v) is 13.8. The maximum absolute atomic E-state index is 13.3. The van der Waals surface area contributed by atoms with Gasteiger partial charge < -0.3 is 14.7 Å². The summed E-state index contributed by atoms with van der Waals surface area (Å²) in [6.45, 7) is 3.57. The summed E-state index contributed by atoms with van der Waals surface area (Å²) in [5, 5.41) is 9.12. The quantitative estimate of drug-likeness (QED) is 0.808. The Kier molecular flexibility index (Phi) is 4.73. The predicted octanol–water partition coefficient (Wildman–Crippen LogP) is 4.11. The normalized spacial score (nSPS) is 13.9. The second-order valence-corrected chi connectivity index (χ2v) is 5.71. The Hall–Kier alpha value is -3.17. The van der Waals surface area contributed by atoms with E-state index in [9.17, 15) is 22.4 Å². The van der Waals surface area contributed by atoms with E-state index in [1.807, 2.05) is 0 Å². The molecule has 6 nitrogen and oxygen atoms in total. The van der Waals surface area contributed by atoms with Gasteiger partial charge in [0.25, 0.3) is 0 Å². The number of fused-ring (bicyclic) bond motifs is 1. The second-order valence-electron chi connectivity index (χ2n) is 5.71. The van der Waals surface area contributed by atoms with Gasteiger partial charge in [0.05, 0.1) is 12.2 Å². The van der Waals surface area contributed by atoms with Crippen LogP contribution in [-0.2, 0) is 19.1 Å². The number of halogens is 4. The van der Waals surface area contributed by atoms with Crippen molar-refractivity contribution in [3.8, 4) is 11.6 Å². The van der Waals surface area contributed by atoms with Gasteiger partial charge in [-0.2, -0.15) is 18.2 Å². The molecule has 0 saturated heterocycles. The fourth-order valence-electron chi connectivity index (χ4n) is 2.67. The lowest BCUT2D eigenvalue weighted by molar-refractivity contribution is -0.138. The molecule has 1 aliphatic rings. The van der Waals surface area contributed by atoms with Crippen LogP contribution in [0.5, 0.6) is 11.6 Å². The molecular weight excluding hydrogens is 370 g/mol. The average molecular weight is 383 g/mol. The van der Waals surface area contributed by atoms with E-state index in [1.54, 1.807) is 0 Å². The minimum absolute atomic E-state index is 0.0556. The van der Waals surface area contributed by atoms with Crippen molar-refractivity contribution in [2.45, 2.75) is 19.1 Å². The van der Waals surface area contributed by atoms with E-state index in [0.717, 1.165) is 17.0 Å². The molecule has 10 heteroatoms. The number of carboxylic acid groups (broad SMARTS) is 1. The Bertz CT molecular complexity index is 915. The van der Waals surface area contributed by atoms with Gasteiger partial charge >= 0.3 is 12.3 Å². The molecule has 0 unspecified atom stereocenters. The van der Waals surface area contributed by atoms with Gasteiger partial charge in [-0.05, 0) is 30.7 Å². The molecule has 0 saturated carbocycles. The number of carbonyl (C=O) groups is 1. The smallest absolute Gasteiger partial charge is 0.420 e. The van der Waals surface area contributed by atoms with Gasteiger partial charge in [-0.3, -0.25) is 0 Å². The third kappa shape index (κ3) is 3.83. The van der Waals surface area contributed by atoms with Crippen molar-refractivity contribution in [2.75, 3.05) is 6.54 Å². The number of hydrogen-bond donors (Lipinski definition) is 1. The summed E-state index contributed by atoms with van der Waals surface area (Å²) in [7, 11) is 0. The zero-order chi connectivity index (χ0) is 19.8. The molecule has 1 aromatic carbocycles. The molecular formula is C17H13F4N3O3. The van der Waals surface area contributed by atoms with Crippen molar-refractivity contribution < 1.29 is 32.2 Å². The van der Waals surface area contributed by atoms with Gasteiger partial charge in [0.1, 0.15) is 17.1 Å². The summed E-state index contributed by atoms with van der Waals surface area (Å²) < 4.78 is 58.2. The first-order valence-corrected chi connectivity index (χ1v) is 7.73. The molecule has 0 fully saturated rings. The van der Waals surface area contributed by atoms with E-state index >= 15 is 0 Å². The third-order valence-corrected chi connectivity index (χ3v) is 3.95. The van der Waals surface area contributed by atoms with Crippen LogP contribution >= 0.6 is 0 Å². The molecule has 0 radical (unpaired) electrons. The highest BCUT2D eigenvalue weighted by Crippen LogP contribution is 2.39. The van der Waals surface area contributed by atoms with Crippen LogP contribution in [0, 0.1) is 5.82 Å². The predicted molar refractivity (Wildman–Crippen MR) is 85.7 cm³/mol. The largest absolute Gasteiger partial charge is 0.465 e. The van der Waals surface area contributed by atoms with Crippen LogP contribution in [0.25, 0.3) is 6.08 Å². The number of amides is 1. The van der Waals surface area contributed by atoms with E-state index in [2.05, 4.69) is 16.5 Å². The molecule has 3 rings (SSSR count). The molecule has 0 spiro atoms. The first-order chi connectivity index (χ1) is 12.7. The molecule has 0 aliphatic carbocycles. The Balaban J connectivity index is 2.05. The highest BCUT2D eigenvalue weighted by molar-refractivity contribution is 5.65. The molecule has 1 amide bonds.